The van der Waals surface area contributed by atoms with Gasteiger partial charge in [-0.05, 0) is 47.7 Å². The smallest absolute Gasteiger partial charge is 0.229 e. The summed E-state index contributed by atoms with van der Waals surface area (Å²) >= 11 is 0. The van der Waals surface area contributed by atoms with E-state index in [1.807, 2.05) is 12.1 Å². The fourth-order valence-corrected chi connectivity index (χ4v) is 4.56. The fraction of sp³-hybridized carbons (Fsp3) is 0.500. The largest absolute Gasteiger partial charge is 0.493 e. The van der Waals surface area contributed by atoms with E-state index in [1.165, 1.54) is 14.2 Å². The molecule has 1 aliphatic heterocycles. The first-order chi connectivity index (χ1) is 16.4. The van der Waals surface area contributed by atoms with E-state index in [9.17, 15) is 20.4 Å². The predicted octanol–water partition coefficient (Wildman–Crippen LogP) is 0.665. The number of benzene rings is 2. The minimum absolute atomic E-state index is 0.228. The van der Waals surface area contributed by atoms with Crippen molar-refractivity contribution in [2.24, 2.45) is 0 Å². The summed E-state index contributed by atoms with van der Waals surface area (Å²) in [6.45, 7) is -0.558. The van der Waals surface area contributed by atoms with Gasteiger partial charge in [0.25, 0.3) is 0 Å². The number of aryl methyl sites for hydroxylation is 2. The summed E-state index contributed by atoms with van der Waals surface area (Å²) in [5.41, 5.74) is 3.71. The summed E-state index contributed by atoms with van der Waals surface area (Å²) in [5.74, 6) is 2.13. The van der Waals surface area contributed by atoms with E-state index in [0.29, 0.717) is 23.7 Å². The Labute approximate surface area is 197 Å². The normalized spacial score (nSPS) is 25.7. The van der Waals surface area contributed by atoms with E-state index < -0.39 is 37.3 Å². The van der Waals surface area contributed by atoms with Crippen molar-refractivity contribution in [1.29, 1.82) is 0 Å². The highest BCUT2D eigenvalue weighted by Crippen LogP contribution is 2.51. The summed E-state index contributed by atoms with van der Waals surface area (Å²) in [4.78, 5) is 0. The van der Waals surface area contributed by atoms with Gasteiger partial charge in [0.2, 0.25) is 12.0 Å². The van der Waals surface area contributed by atoms with Crippen LogP contribution in [0.3, 0.4) is 0 Å². The zero-order chi connectivity index (χ0) is 24.6. The molecule has 2 aliphatic rings. The van der Waals surface area contributed by atoms with E-state index in [2.05, 4.69) is 0 Å². The third-order valence-corrected chi connectivity index (χ3v) is 6.33. The second-order valence-electron chi connectivity index (χ2n) is 8.15. The molecule has 0 unspecified atom stereocenters. The molecule has 0 spiro atoms. The van der Waals surface area contributed by atoms with E-state index in [1.54, 1.807) is 20.3 Å². The molecule has 4 rings (SSSR count). The number of hydrogen-bond donors (Lipinski definition) is 4. The highest BCUT2D eigenvalue weighted by atomic mass is 16.7. The zero-order valence-electron chi connectivity index (χ0n) is 19.5. The standard InChI is InChI=1S/C24H30O10/c1-29-14-7-11-5-6-12-8-16(33-24-21(28)20(27)19(26)17(10-25)34-24)22(31-3)23(32-4)18(12)13(11)9-15(14)30-2/h7-9,17,19-21,24-28H,5-6,10H2,1-4H3/t17-,19+,20+,21-,24-/m1/s1. The van der Waals surface area contributed by atoms with Gasteiger partial charge in [0, 0.05) is 5.56 Å². The molecular weight excluding hydrogens is 448 g/mol. The van der Waals surface area contributed by atoms with E-state index >= 15 is 0 Å². The lowest BCUT2D eigenvalue weighted by atomic mass is 9.84. The summed E-state index contributed by atoms with van der Waals surface area (Å²) in [5, 5.41) is 40.0. The number of hydrogen-bond acceptors (Lipinski definition) is 10. The minimum Gasteiger partial charge on any atom is -0.493 e. The first-order valence-corrected chi connectivity index (χ1v) is 10.9. The summed E-state index contributed by atoms with van der Waals surface area (Å²) < 4.78 is 33.7. The molecule has 0 saturated carbocycles. The topological polar surface area (TPSA) is 136 Å². The average molecular weight is 478 g/mol. The SMILES string of the molecule is COc1cc2c(cc1OC)-c1c(cc(O[C@@H]3O[C@H](CO)[C@H](O)[C@H](O)[C@H]3O)c(OC)c1OC)CC2. The van der Waals surface area contributed by atoms with Gasteiger partial charge >= 0.3 is 0 Å². The van der Waals surface area contributed by atoms with Crippen molar-refractivity contribution in [3.05, 3.63) is 29.3 Å². The Hall–Kier alpha value is -2.76. The maximum Gasteiger partial charge on any atom is 0.229 e. The Morgan fingerprint density at radius 1 is 0.765 bits per heavy atom. The number of methoxy groups -OCH3 is 4. The van der Waals surface area contributed by atoms with E-state index in [0.717, 1.165) is 28.7 Å². The summed E-state index contributed by atoms with van der Waals surface area (Å²) in [6, 6.07) is 5.62. The fourth-order valence-electron chi connectivity index (χ4n) is 4.56. The predicted molar refractivity (Wildman–Crippen MR) is 120 cm³/mol. The molecule has 0 bridgehead atoms. The average Bonchev–Trinajstić information content (AvgIpc) is 2.86. The molecule has 1 aliphatic carbocycles. The highest BCUT2D eigenvalue weighted by Gasteiger charge is 2.45. The Morgan fingerprint density at radius 2 is 1.38 bits per heavy atom. The molecule has 0 amide bonds. The number of rotatable bonds is 7. The Morgan fingerprint density at radius 3 is 2.00 bits per heavy atom. The Kier molecular flexibility index (Phi) is 7.06. The molecule has 2 aromatic carbocycles. The summed E-state index contributed by atoms with van der Waals surface area (Å²) in [7, 11) is 6.14. The third kappa shape index (κ3) is 4.01. The quantitative estimate of drug-likeness (QED) is 0.449. The Balaban J connectivity index is 1.79. The van der Waals surface area contributed by atoms with Crippen molar-refractivity contribution in [3.63, 3.8) is 0 Å². The van der Waals surface area contributed by atoms with E-state index in [-0.39, 0.29) is 11.5 Å². The number of aliphatic hydroxyl groups is 4. The maximum absolute atomic E-state index is 10.4. The van der Waals surface area contributed by atoms with E-state index in [4.69, 9.17) is 28.4 Å². The van der Waals surface area contributed by atoms with Gasteiger partial charge in [0.1, 0.15) is 24.4 Å². The monoisotopic (exact) mass is 478 g/mol. The minimum atomic E-state index is -1.56. The Bertz CT molecular complexity index is 1040. The van der Waals surface area contributed by atoms with Crippen molar-refractivity contribution in [1.82, 2.24) is 0 Å². The molecule has 2 aromatic rings. The van der Waals surface area contributed by atoms with Crippen LogP contribution >= 0.6 is 0 Å². The van der Waals surface area contributed by atoms with Crippen molar-refractivity contribution in [2.75, 3.05) is 35.0 Å². The molecule has 0 aromatic heterocycles. The van der Waals surface area contributed by atoms with Gasteiger partial charge in [-0.3, -0.25) is 0 Å². The van der Waals surface area contributed by atoms with Gasteiger partial charge < -0.3 is 48.8 Å². The van der Waals surface area contributed by atoms with Crippen molar-refractivity contribution >= 4 is 0 Å². The van der Waals surface area contributed by atoms with Crippen LogP contribution in [0.15, 0.2) is 18.2 Å². The van der Waals surface area contributed by atoms with Crippen LogP contribution in [0.4, 0.5) is 0 Å². The molecule has 4 N–H and O–H groups in total. The van der Waals surface area contributed by atoms with Gasteiger partial charge in [-0.15, -0.1) is 0 Å². The van der Waals surface area contributed by atoms with Crippen molar-refractivity contribution in [2.45, 2.75) is 43.5 Å². The molecule has 5 atom stereocenters. The first kappa shape index (κ1) is 24.4. The van der Waals surface area contributed by atoms with Crippen LogP contribution in [0.1, 0.15) is 11.1 Å². The van der Waals surface area contributed by atoms with Crippen molar-refractivity contribution in [3.8, 4) is 39.9 Å². The lowest BCUT2D eigenvalue weighted by molar-refractivity contribution is -0.277. The number of fused-ring (bicyclic) bond motifs is 3. The van der Waals surface area contributed by atoms with Crippen LogP contribution in [0.2, 0.25) is 0 Å². The highest BCUT2D eigenvalue weighted by molar-refractivity contribution is 5.84. The molecule has 1 saturated heterocycles. The second kappa shape index (κ2) is 9.85. The second-order valence-corrected chi connectivity index (χ2v) is 8.15. The van der Waals surface area contributed by atoms with Gasteiger partial charge in [-0.1, -0.05) is 0 Å². The first-order valence-electron chi connectivity index (χ1n) is 10.9. The lowest BCUT2D eigenvalue weighted by Gasteiger charge is -2.39. The molecule has 1 fully saturated rings. The van der Waals surface area contributed by atoms with Gasteiger partial charge in [0.05, 0.1) is 35.0 Å². The third-order valence-electron chi connectivity index (χ3n) is 6.33. The number of aliphatic hydroxyl groups excluding tert-OH is 4. The van der Waals surface area contributed by atoms with Crippen LogP contribution in [0.5, 0.6) is 28.7 Å². The van der Waals surface area contributed by atoms with Crippen LogP contribution in [0, 0.1) is 0 Å². The molecule has 1 heterocycles. The molecule has 0 radical (unpaired) electrons. The van der Waals surface area contributed by atoms with Crippen molar-refractivity contribution < 1.29 is 48.8 Å². The molecular formula is C24H30O10. The van der Waals surface area contributed by atoms with Gasteiger partial charge in [-0.25, -0.2) is 0 Å². The van der Waals surface area contributed by atoms with Crippen LogP contribution in [-0.2, 0) is 17.6 Å². The van der Waals surface area contributed by atoms with Crippen LogP contribution in [-0.4, -0.2) is 86.2 Å². The number of ether oxygens (including phenoxy) is 6. The molecule has 186 valence electrons. The summed E-state index contributed by atoms with van der Waals surface area (Å²) in [6.07, 6.45) is -5.64. The van der Waals surface area contributed by atoms with Gasteiger partial charge in [0.15, 0.2) is 23.0 Å². The molecule has 34 heavy (non-hydrogen) atoms. The van der Waals surface area contributed by atoms with Crippen LogP contribution in [0.25, 0.3) is 11.1 Å². The molecule has 10 nitrogen and oxygen atoms in total. The lowest BCUT2D eigenvalue weighted by Crippen LogP contribution is -2.60. The molecule has 10 heteroatoms. The van der Waals surface area contributed by atoms with Gasteiger partial charge in [-0.2, -0.15) is 0 Å². The maximum atomic E-state index is 10.4. The van der Waals surface area contributed by atoms with Crippen LogP contribution < -0.4 is 23.7 Å². The zero-order valence-corrected chi connectivity index (χ0v) is 19.5.